The van der Waals surface area contributed by atoms with Gasteiger partial charge in [0.2, 0.25) is 0 Å². The van der Waals surface area contributed by atoms with E-state index in [-0.39, 0.29) is 18.3 Å². The number of nitrogens with one attached hydrogen (secondary N) is 1. The molecule has 20 heavy (non-hydrogen) atoms. The van der Waals surface area contributed by atoms with E-state index in [0.29, 0.717) is 22.0 Å². The highest BCUT2D eigenvalue weighted by molar-refractivity contribution is 6.30. The lowest BCUT2D eigenvalue weighted by Gasteiger charge is -2.09. The van der Waals surface area contributed by atoms with Crippen LogP contribution in [0.2, 0.25) is 5.02 Å². The summed E-state index contributed by atoms with van der Waals surface area (Å²) in [6.45, 7) is 1.59. The second-order valence-electron chi connectivity index (χ2n) is 4.25. The van der Waals surface area contributed by atoms with E-state index in [0.717, 1.165) is 0 Å². The number of ether oxygens (including phenoxy) is 1. The van der Waals surface area contributed by atoms with Crippen molar-refractivity contribution in [3.05, 3.63) is 58.9 Å². The monoisotopic (exact) mass is 293 g/mol. The molecule has 1 N–H and O–H groups in total. The van der Waals surface area contributed by atoms with E-state index in [9.17, 15) is 9.18 Å². The summed E-state index contributed by atoms with van der Waals surface area (Å²) in [5.41, 5.74) is 1.22. The molecular formula is C15H13ClFNO2. The molecule has 0 aliphatic rings. The van der Waals surface area contributed by atoms with E-state index in [4.69, 9.17) is 16.3 Å². The van der Waals surface area contributed by atoms with Gasteiger partial charge in [-0.05, 0) is 55.0 Å². The number of hydrogen-bond acceptors (Lipinski definition) is 2. The molecule has 0 aliphatic heterocycles. The Morgan fingerprint density at radius 1 is 1.25 bits per heavy atom. The van der Waals surface area contributed by atoms with Crippen LogP contribution in [0.3, 0.4) is 0 Å². The van der Waals surface area contributed by atoms with Gasteiger partial charge in [0.15, 0.2) is 6.61 Å². The van der Waals surface area contributed by atoms with Gasteiger partial charge < -0.3 is 10.1 Å². The van der Waals surface area contributed by atoms with Crippen molar-refractivity contribution in [3.8, 4) is 5.75 Å². The first-order valence-electron chi connectivity index (χ1n) is 5.99. The van der Waals surface area contributed by atoms with Crippen molar-refractivity contribution in [2.45, 2.75) is 6.92 Å². The van der Waals surface area contributed by atoms with Crippen LogP contribution in [0.15, 0.2) is 42.5 Å². The Labute approximate surface area is 121 Å². The maximum Gasteiger partial charge on any atom is 0.262 e. The maximum absolute atomic E-state index is 12.9. The van der Waals surface area contributed by atoms with Crippen molar-refractivity contribution in [2.75, 3.05) is 11.9 Å². The van der Waals surface area contributed by atoms with E-state index in [1.54, 1.807) is 31.2 Å². The lowest BCUT2D eigenvalue weighted by atomic mass is 10.2. The first kappa shape index (κ1) is 14.3. The average Bonchev–Trinajstić information content (AvgIpc) is 2.41. The minimum Gasteiger partial charge on any atom is -0.484 e. The van der Waals surface area contributed by atoms with Crippen molar-refractivity contribution in [3.63, 3.8) is 0 Å². The number of carbonyl (C=O) groups is 1. The average molecular weight is 294 g/mol. The number of amides is 1. The molecule has 3 nitrogen and oxygen atoms in total. The molecule has 0 fully saturated rings. The molecule has 0 saturated heterocycles. The molecule has 0 radical (unpaired) electrons. The Balaban J connectivity index is 1.90. The van der Waals surface area contributed by atoms with E-state index >= 15 is 0 Å². The summed E-state index contributed by atoms with van der Waals surface area (Å²) in [6, 6.07) is 10.9. The topological polar surface area (TPSA) is 38.3 Å². The number of hydrogen-bond donors (Lipinski definition) is 1. The summed E-state index contributed by atoms with van der Waals surface area (Å²) in [6.07, 6.45) is 0. The van der Waals surface area contributed by atoms with Crippen LogP contribution >= 0.6 is 11.6 Å². The second kappa shape index (κ2) is 6.39. The zero-order valence-electron chi connectivity index (χ0n) is 10.8. The van der Waals surface area contributed by atoms with Gasteiger partial charge in [0, 0.05) is 10.7 Å². The van der Waals surface area contributed by atoms with Crippen molar-refractivity contribution in [1.82, 2.24) is 0 Å². The minimum atomic E-state index is -0.335. The lowest BCUT2D eigenvalue weighted by molar-refractivity contribution is -0.118. The molecule has 2 rings (SSSR count). The minimum absolute atomic E-state index is 0.127. The Bertz CT molecular complexity index is 614. The molecule has 2 aromatic rings. The number of anilines is 1. The summed E-state index contributed by atoms with van der Waals surface area (Å²) in [5, 5.41) is 3.26. The Kier molecular flexibility index (Phi) is 4.58. The molecule has 0 spiro atoms. The first-order valence-corrected chi connectivity index (χ1v) is 6.37. The molecule has 0 aromatic heterocycles. The molecule has 104 valence electrons. The van der Waals surface area contributed by atoms with Gasteiger partial charge in [-0.15, -0.1) is 0 Å². The van der Waals surface area contributed by atoms with E-state index in [1.807, 2.05) is 0 Å². The third-order valence-electron chi connectivity index (χ3n) is 2.65. The molecule has 0 saturated carbocycles. The Hall–Kier alpha value is -2.07. The molecule has 2 aromatic carbocycles. The van der Waals surface area contributed by atoms with Crippen molar-refractivity contribution < 1.29 is 13.9 Å². The van der Waals surface area contributed by atoms with Gasteiger partial charge in [0.1, 0.15) is 11.6 Å². The fourth-order valence-electron chi connectivity index (χ4n) is 1.63. The Morgan fingerprint density at radius 3 is 2.60 bits per heavy atom. The normalized spacial score (nSPS) is 10.2. The molecule has 0 aliphatic carbocycles. The molecule has 0 atom stereocenters. The number of halogens is 2. The van der Waals surface area contributed by atoms with Crippen molar-refractivity contribution in [2.24, 2.45) is 0 Å². The zero-order valence-corrected chi connectivity index (χ0v) is 11.6. The number of benzene rings is 2. The van der Waals surface area contributed by atoms with Gasteiger partial charge >= 0.3 is 0 Å². The highest BCUT2D eigenvalue weighted by Crippen LogP contribution is 2.17. The molecular weight excluding hydrogens is 281 g/mol. The van der Waals surface area contributed by atoms with Crippen LogP contribution in [-0.2, 0) is 4.79 Å². The van der Waals surface area contributed by atoms with Crippen LogP contribution in [-0.4, -0.2) is 12.5 Å². The van der Waals surface area contributed by atoms with Gasteiger partial charge in [0.25, 0.3) is 5.91 Å². The summed E-state index contributed by atoms with van der Waals surface area (Å²) < 4.78 is 18.3. The first-order chi connectivity index (χ1) is 9.54. The van der Waals surface area contributed by atoms with Crippen molar-refractivity contribution >= 4 is 23.2 Å². The van der Waals surface area contributed by atoms with Gasteiger partial charge in [-0.25, -0.2) is 4.39 Å². The van der Waals surface area contributed by atoms with Crippen LogP contribution in [0.5, 0.6) is 5.75 Å². The third-order valence-corrected chi connectivity index (χ3v) is 2.90. The number of aryl methyl sites for hydroxylation is 1. The predicted molar refractivity (Wildman–Crippen MR) is 76.7 cm³/mol. The molecule has 0 heterocycles. The van der Waals surface area contributed by atoms with Crippen LogP contribution in [0.4, 0.5) is 10.1 Å². The Morgan fingerprint density at radius 2 is 1.95 bits per heavy atom. The van der Waals surface area contributed by atoms with Gasteiger partial charge in [-0.3, -0.25) is 4.79 Å². The summed E-state index contributed by atoms with van der Waals surface area (Å²) in [5.74, 6) is -0.0899. The fourth-order valence-corrected chi connectivity index (χ4v) is 1.76. The number of rotatable bonds is 4. The standard InChI is InChI=1S/C15H13ClFNO2/c1-10-8-12(17)4-7-14(10)18-15(19)9-20-13-5-2-11(16)3-6-13/h2-8H,9H2,1H3,(H,18,19). The molecule has 1 amide bonds. The van der Waals surface area contributed by atoms with Crippen LogP contribution in [0.25, 0.3) is 0 Å². The largest absolute Gasteiger partial charge is 0.484 e. The highest BCUT2D eigenvalue weighted by Gasteiger charge is 2.06. The van der Waals surface area contributed by atoms with E-state index in [1.165, 1.54) is 18.2 Å². The van der Waals surface area contributed by atoms with Gasteiger partial charge in [-0.2, -0.15) is 0 Å². The molecule has 5 heteroatoms. The quantitative estimate of drug-likeness (QED) is 0.931. The van der Waals surface area contributed by atoms with Crippen LogP contribution in [0, 0.1) is 12.7 Å². The number of carbonyl (C=O) groups excluding carboxylic acids is 1. The van der Waals surface area contributed by atoms with E-state index < -0.39 is 0 Å². The second-order valence-corrected chi connectivity index (χ2v) is 4.69. The zero-order chi connectivity index (χ0) is 14.5. The lowest BCUT2D eigenvalue weighted by Crippen LogP contribution is -2.20. The van der Waals surface area contributed by atoms with Crippen LogP contribution in [0.1, 0.15) is 5.56 Å². The summed E-state index contributed by atoms with van der Waals surface area (Å²) >= 11 is 5.75. The highest BCUT2D eigenvalue weighted by atomic mass is 35.5. The third kappa shape index (κ3) is 3.96. The molecule has 0 bridgehead atoms. The van der Waals surface area contributed by atoms with Crippen molar-refractivity contribution in [1.29, 1.82) is 0 Å². The van der Waals surface area contributed by atoms with Gasteiger partial charge in [0.05, 0.1) is 0 Å². The fraction of sp³-hybridized carbons (Fsp3) is 0.133. The summed E-state index contributed by atoms with van der Waals surface area (Å²) in [7, 11) is 0. The predicted octanol–water partition coefficient (Wildman–Crippen LogP) is 3.81. The van der Waals surface area contributed by atoms with Crippen LogP contribution < -0.4 is 10.1 Å². The summed E-state index contributed by atoms with van der Waals surface area (Å²) in [4.78, 5) is 11.7. The smallest absolute Gasteiger partial charge is 0.262 e. The van der Waals surface area contributed by atoms with Gasteiger partial charge in [-0.1, -0.05) is 11.6 Å². The SMILES string of the molecule is Cc1cc(F)ccc1NC(=O)COc1ccc(Cl)cc1. The van der Waals surface area contributed by atoms with E-state index in [2.05, 4.69) is 5.32 Å². The molecule has 0 unspecified atom stereocenters. The maximum atomic E-state index is 12.9.